The summed E-state index contributed by atoms with van der Waals surface area (Å²) >= 11 is 0. The number of carbonyl (C=O) groups excluding carboxylic acids is 1. The molecule has 4 unspecified atom stereocenters. The Balaban J connectivity index is 1.40. The summed E-state index contributed by atoms with van der Waals surface area (Å²) < 4.78 is 0. The molecule has 4 aliphatic rings. The first kappa shape index (κ1) is 22.8. The minimum atomic E-state index is -0.385. The quantitative estimate of drug-likeness (QED) is 0.283. The van der Waals surface area contributed by atoms with Crippen LogP contribution in [0, 0.1) is 11.8 Å². The molecule has 2 aliphatic carbocycles. The summed E-state index contributed by atoms with van der Waals surface area (Å²) in [6.07, 6.45) is 14.2. The van der Waals surface area contributed by atoms with Crippen LogP contribution < -0.4 is 21.8 Å². The zero-order chi connectivity index (χ0) is 23.5. The van der Waals surface area contributed by atoms with Crippen molar-refractivity contribution in [2.24, 2.45) is 28.0 Å². The lowest BCUT2D eigenvalue weighted by atomic mass is 9.91. The number of carbonyl (C=O) groups is 1. The van der Waals surface area contributed by atoms with Gasteiger partial charge in [0.05, 0.1) is 6.17 Å². The topological polar surface area (TPSA) is 107 Å². The molecule has 8 nitrogen and oxygen atoms in total. The van der Waals surface area contributed by atoms with Crippen molar-refractivity contribution in [3.05, 3.63) is 59.2 Å². The summed E-state index contributed by atoms with van der Waals surface area (Å²) in [5, 5.41) is 18.5. The van der Waals surface area contributed by atoms with Crippen LogP contribution in [-0.2, 0) is 4.79 Å². The van der Waals surface area contributed by atoms with E-state index in [4.69, 9.17) is 5.84 Å². The molecule has 34 heavy (non-hydrogen) atoms. The fourth-order valence-electron chi connectivity index (χ4n) is 5.10. The predicted molar refractivity (Wildman–Crippen MR) is 135 cm³/mol. The third kappa shape index (κ3) is 5.08. The van der Waals surface area contributed by atoms with Gasteiger partial charge in [-0.15, -0.1) is 5.11 Å². The molecule has 4 atom stereocenters. The van der Waals surface area contributed by atoms with Crippen LogP contribution in [0.15, 0.2) is 58.4 Å². The summed E-state index contributed by atoms with van der Waals surface area (Å²) in [6.45, 7) is 4.66. The van der Waals surface area contributed by atoms with Crippen molar-refractivity contribution in [1.82, 2.24) is 15.5 Å². The maximum atomic E-state index is 13.5. The molecule has 180 valence electrons. The van der Waals surface area contributed by atoms with Gasteiger partial charge >= 0.3 is 0 Å². The normalized spacial score (nSPS) is 28.0. The third-order valence-electron chi connectivity index (χ3n) is 7.08. The second kappa shape index (κ2) is 10.1. The van der Waals surface area contributed by atoms with E-state index >= 15 is 0 Å². The van der Waals surface area contributed by atoms with Gasteiger partial charge in [-0.3, -0.25) is 15.4 Å². The second-order valence-corrected chi connectivity index (χ2v) is 9.77. The molecular formula is C26H35N7O. The smallest absolute Gasteiger partial charge is 0.249 e. The van der Waals surface area contributed by atoms with Crippen LogP contribution >= 0.6 is 0 Å². The number of nitrogens with zero attached hydrogens (tertiary/aromatic N) is 3. The van der Waals surface area contributed by atoms with Gasteiger partial charge in [0, 0.05) is 49.3 Å². The molecule has 2 aliphatic heterocycles. The number of rotatable bonds is 7. The van der Waals surface area contributed by atoms with Gasteiger partial charge in [0.1, 0.15) is 6.17 Å². The van der Waals surface area contributed by atoms with Crippen LogP contribution in [0.2, 0.25) is 0 Å². The number of amides is 1. The Morgan fingerprint density at radius 1 is 1.24 bits per heavy atom. The van der Waals surface area contributed by atoms with E-state index in [1.165, 1.54) is 12.8 Å². The van der Waals surface area contributed by atoms with E-state index in [0.29, 0.717) is 24.3 Å². The Kier molecular flexibility index (Phi) is 6.78. The van der Waals surface area contributed by atoms with Gasteiger partial charge in [-0.05, 0) is 48.4 Å². The molecular weight excluding hydrogens is 426 g/mol. The number of hydrogen-bond donors (Lipinski definition) is 4. The molecule has 0 aromatic heterocycles. The summed E-state index contributed by atoms with van der Waals surface area (Å²) in [5.41, 5.74) is 3.81. The van der Waals surface area contributed by atoms with Crippen molar-refractivity contribution < 1.29 is 4.79 Å². The van der Waals surface area contributed by atoms with Crippen LogP contribution in [0.3, 0.4) is 0 Å². The fourth-order valence-corrected chi connectivity index (χ4v) is 5.10. The zero-order valence-corrected chi connectivity index (χ0v) is 19.8. The van der Waals surface area contributed by atoms with E-state index < -0.39 is 0 Å². The van der Waals surface area contributed by atoms with Crippen molar-refractivity contribution in [3.8, 4) is 0 Å². The molecule has 5 N–H and O–H groups in total. The standard InChI is InChI=1S/C26H35N7O/c1-2-11-33(16-17-7-8-17)26(34)21-12-18-9-10-19(13-23(18)29-24(14-21)31-32-27)25-28-15-20-5-3-4-6-22(20)30-25/h3-6,9-10,12-13,17,20,22,24-25,28-30H,2,7-8,11,14-16H2,1H3,(H2,27,31). The van der Waals surface area contributed by atoms with E-state index in [1.807, 2.05) is 11.0 Å². The van der Waals surface area contributed by atoms with Gasteiger partial charge < -0.3 is 16.1 Å². The summed E-state index contributed by atoms with van der Waals surface area (Å²) in [5.74, 6) is 6.63. The highest BCUT2D eigenvalue weighted by molar-refractivity contribution is 5.99. The van der Waals surface area contributed by atoms with Crippen molar-refractivity contribution in [1.29, 1.82) is 0 Å². The minimum Gasteiger partial charge on any atom is -0.361 e. The highest BCUT2D eigenvalue weighted by Crippen LogP contribution is 2.33. The zero-order valence-electron chi connectivity index (χ0n) is 19.8. The van der Waals surface area contributed by atoms with Crippen LogP contribution in [0.4, 0.5) is 5.69 Å². The van der Waals surface area contributed by atoms with Gasteiger partial charge in [-0.1, -0.05) is 48.6 Å². The monoisotopic (exact) mass is 461 g/mol. The van der Waals surface area contributed by atoms with Crippen LogP contribution in [0.1, 0.15) is 49.9 Å². The summed E-state index contributed by atoms with van der Waals surface area (Å²) in [4.78, 5) is 15.5. The van der Waals surface area contributed by atoms with E-state index in [-0.39, 0.29) is 18.2 Å². The Labute approximate surface area is 201 Å². The van der Waals surface area contributed by atoms with Gasteiger partial charge in [0.15, 0.2) is 0 Å². The Morgan fingerprint density at radius 2 is 2.09 bits per heavy atom. The Bertz CT molecular complexity index is 1030. The van der Waals surface area contributed by atoms with E-state index in [1.54, 1.807) is 0 Å². The number of nitrogens with one attached hydrogen (secondary N) is 3. The first-order valence-corrected chi connectivity index (χ1v) is 12.5. The van der Waals surface area contributed by atoms with Crippen molar-refractivity contribution in [2.75, 3.05) is 25.0 Å². The highest BCUT2D eigenvalue weighted by Gasteiger charge is 2.31. The van der Waals surface area contributed by atoms with Crippen molar-refractivity contribution in [2.45, 2.75) is 51.0 Å². The maximum absolute atomic E-state index is 13.5. The average Bonchev–Trinajstić information content (AvgIpc) is 3.69. The molecule has 1 aromatic rings. The van der Waals surface area contributed by atoms with Gasteiger partial charge in [0.25, 0.3) is 0 Å². The third-order valence-corrected chi connectivity index (χ3v) is 7.08. The maximum Gasteiger partial charge on any atom is 0.249 e. The largest absolute Gasteiger partial charge is 0.361 e. The lowest BCUT2D eigenvalue weighted by Crippen LogP contribution is -2.52. The molecule has 0 radical (unpaired) electrons. The lowest BCUT2D eigenvalue weighted by molar-refractivity contribution is -0.127. The number of nitrogens with two attached hydrogens (primary N) is 1. The molecule has 8 heteroatoms. The van der Waals surface area contributed by atoms with Crippen molar-refractivity contribution >= 4 is 17.7 Å². The van der Waals surface area contributed by atoms with E-state index in [0.717, 1.165) is 48.4 Å². The number of anilines is 1. The summed E-state index contributed by atoms with van der Waals surface area (Å²) in [7, 11) is 0. The predicted octanol–water partition coefficient (Wildman–Crippen LogP) is 3.49. The van der Waals surface area contributed by atoms with Gasteiger partial charge in [-0.2, -0.15) is 0 Å². The summed E-state index contributed by atoms with van der Waals surface area (Å²) in [6, 6.07) is 6.68. The first-order valence-electron chi connectivity index (χ1n) is 12.5. The second-order valence-electron chi connectivity index (χ2n) is 9.77. The molecule has 0 bridgehead atoms. The van der Waals surface area contributed by atoms with E-state index in [9.17, 15) is 4.79 Å². The lowest BCUT2D eigenvalue weighted by Gasteiger charge is -2.37. The van der Waals surface area contributed by atoms with Crippen LogP contribution in [0.25, 0.3) is 6.08 Å². The van der Waals surface area contributed by atoms with Crippen LogP contribution in [-0.4, -0.2) is 42.6 Å². The van der Waals surface area contributed by atoms with Gasteiger partial charge in [-0.25, -0.2) is 0 Å². The number of benzene rings is 1. The first-order chi connectivity index (χ1) is 16.6. The Morgan fingerprint density at radius 3 is 2.88 bits per heavy atom. The number of hydrogen-bond acceptors (Lipinski definition) is 6. The minimum absolute atomic E-state index is 0.0472. The average molecular weight is 462 g/mol. The van der Waals surface area contributed by atoms with Crippen molar-refractivity contribution in [3.63, 3.8) is 0 Å². The molecule has 1 amide bonds. The molecule has 0 spiro atoms. The fraction of sp³-hybridized carbons (Fsp3) is 0.500. The molecule has 5 rings (SSSR count). The Hall–Kier alpha value is -2.97. The SMILES string of the molecule is CCCN(CC1CC1)C(=O)C1=Cc2ccc(C3NCC4C=CC=CC4N3)cc2NC(N=NN)C1. The molecule has 1 saturated carbocycles. The highest BCUT2D eigenvalue weighted by atomic mass is 16.2. The molecule has 2 heterocycles. The molecule has 1 aromatic carbocycles. The molecule has 1 saturated heterocycles. The van der Waals surface area contributed by atoms with Crippen LogP contribution in [0.5, 0.6) is 0 Å². The number of fused-ring (bicyclic) bond motifs is 2. The van der Waals surface area contributed by atoms with Gasteiger partial charge in [0.2, 0.25) is 5.91 Å². The van der Waals surface area contributed by atoms with E-state index in [2.05, 4.69) is 75.7 Å². The molecule has 2 fully saturated rings. The number of allylic oxidation sites excluding steroid dienone is 2.